The Hall–Kier alpha value is -2.04. The Morgan fingerprint density at radius 3 is 2.76 bits per heavy atom. The summed E-state index contributed by atoms with van der Waals surface area (Å²) in [7, 11) is 0. The maximum atomic E-state index is 12.3. The minimum atomic E-state index is -0.971. The van der Waals surface area contributed by atoms with Crippen LogP contribution in [0.2, 0.25) is 0 Å². The van der Waals surface area contributed by atoms with Crippen LogP contribution in [0.15, 0.2) is 18.2 Å². The predicted octanol–water partition coefficient (Wildman–Crippen LogP) is 2.57. The third-order valence-corrected chi connectivity index (χ3v) is 3.86. The van der Waals surface area contributed by atoms with Gasteiger partial charge >= 0.3 is 12.0 Å². The van der Waals surface area contributed by atoms with E-state index >= 15 is 0 Å². The second kappa shape index (κ2) is 5.76. The van der Waals surface area contributed by atoms with Crippen molar-refractivity contribution in [2.75, 3.05) is 18.0 Å². The van der Waals surface area contributed by atoms with E-state index in [4.69, 9.17) is 5.11 Å². The number of carbonyl (C=O) groups is 2. The second-order valence-corrected chi connectivity index (χ2v) is 6.24. The highest BCUT2D eigenvalue weighted by molar-refractivity contribution is 5.93. The van der Waals surface area contributed by atoms with Gasteiger partial charge in [0.15, 0.2) is 0 Å². The highest BCUT2D eigenvalue weighted by Gasteiger charge is 2.29. The lowest BCUT2D eigenvalue weighted by atomic mass is 9.94. The SMILES string of the molecule is Cc1ccc2c(c1)CCCN2C(=O)NCC(C)(C)C(=O)O. The fraction of sp³-hybridized carbons (Fsp3) is 0.500. The molecule has 0 aromatic heterocycles. The van der Waals surface area contributed by atoms with Crippen molar-refractivity contribution in [3.05, 3.63) is 29.3 Å². The van der Waals surface area contributed by atoms with Crippen LogP contribution in [0.4, 0.5) is 10.5 Å². The molecule has 114 valence electrons. The number of aryl methyl sites for hydroxylation is 2. The van der Waals surface area contributed by atoms with Gasteiger partial charge in [-0.05, 0) is 45.2 Å². The van der Waals surface area contributed by atoms with Gasteiger partial charge in [0.25, 0.3) is 0 Å². The quantitative estimate of drug-likeness (QED) is 0.899. The summed E-state index contributed by atoms with van der Waals surface area (Å²) in [6, 6.07) is 5.84. The number of rotatable bonds is 3. The zero-order chi connectivity index (χ0) is 15.6. The number of carboxylic acid groups (broad SMARTS) is 1. The first-order valence-corrected chi connectivity index (χ1v) is 7.19. The van der Waals surface area contributed by atoms with Gasteiger partial charge in [-0.3, -0.25) is 9.69 Å². The lowest BCUT2D eigenvalue weighted by molar-refractivity contribution is -0.146. The fourth-order valence-corrected chi connectivity index (χ4v) is 2.40. The van der Waals surface area contributed by atoms with E-state index in [0.29, 0.717) is 6.54 Å². The molecule has 21 heavy (non-hydrogen) atoms. The molecule has 0 spiro atoms. The molecule has 0 atom stereocenters. The summed E-state index contributed by atoms with van der Waals surface area (Å²) in [5, 5.41) is 11.8. The first-order chi connectivity index (χ1) is 9.81. The van der Waals surface area contributed by atoms with Crippen molar-refractivity contribution in [3.63, 3.8) is 0 Å². The second-order valence-electron chi connectivity index (χ2n) is 6.24. The lowest BCUT2D eigenvalue weighted by Crippen LogP contribution is -2.47. The van der Waals surface area contributed by atoms with Crippen molar-refractivity contribution in [2.45, 2.75) is 33.6 Å². The average Bonchev–Trinajstić information content (AvgIpc) is 2.43. The fourth-order valence-electron chi connectivity index (χ4n) is 2.40. The number of hydrogen-bond acceptors (Lipinski definition) is 2. The van der Waals surface area contributed by atoms with E-state index in [2.05, 4.69) is 11.4 Å². The Kier molecular flexibility index (Phi) is 4.21. The summed E-state index contributed by atoms with van der Waals surface area (Å²) in [4.78, 5) is 25.1. The third kappa shape index (κ3) is 3.35. The van der Waals surface area contributed by atoms with Crippen molar-refractivity contribution >= 4 is 17.7 Å². The molecule has 1 aromatic rings. The monoisotopic (exact) mass is 290 g/mol. The van der Waals surface area contributed by atoms with Crippen LogP contribution in [0, 0.1) is 12.3 Å². The van der Waals surface area contributed by atoms with Crippen LogP contribution in [0.25, 0.3) is 0 Å². The van der Waals surface area contributed by atoms with Gasteiger partial charge in [0.05, 0.1) is 5.41 Å². The molecule has 0 bridgehead atoms. The number of aliphatic carboxylic acids is 1. The van der Waals surface area contributed by atoms with E-state index in [1.807, 2.05) is 19.1 Å². The summed E-state index contributed by atoms with van der Waals surface area (Å²) < 4.78 is 0. The standard InChI is InChI=1S/C16H22N2O3/c1-11-6-7-13-12(9-11)5-4-8-18(13)15(21)17-10-16(2,3)14(19)20/h6-7,9H,4-5,8,10H2,1-3H3,(H,17,21)(H,19,20). The molecular weight excluding hydrogens is 268 g/mol. The van der Waals surface area contributed by atoms with Crippen molar-refractivity contribution in [3.8, 4) is 0 Å². The van der Waals surface area contributed by atoms with Crippen molar-refractivity contribution in [1.29, 1.82) is 0 Å². The van der Waals surface area contributed by atoms with Crippen LogP contribution in [-0.4, -0.2) is 30.2 Å². The molecule has 0 aliphatic carbocycles. The molecular formula is C16H22N2O3. The van der Waals surface area contributed by atoms with Gasteiger partial charge in [-0.1, -0.05) is 17.7 Å². The first kappa shape index (κ1) is 15.4. The molecule has 1 heterocycles. The third-order valence-electron chi connectivity index (χ3n) is 3.86. The van der Waals surface area contributed by atoms with Gasteiger partial charge in [0, 0.05) is 18.8 Å². The van der Waals surface area contributed by atoms with Gasteiger partial charge in [0.1, 0.15) is 0 Å². The van der Waals surface area contributed by atoms with Crippen molar-refractivity contribution in [1.82, 2.24) is 5.32 Å². The Morgan fingerprint density at radius 1 is 1.38 bits per heavy atom. The number of hydrogen-bond donors (Lipinski definition) is 2. The van der Waals surface area contributed by atoms with Gasteiger partial charge in [-0.25, -0.2) is 4.79 Å². The van der Waals surface area contributed by atoms with E-state index in [1.54, 1.807) is 18.7 Å². The zero-order valence-electron chi connectivity index (χ0n) is 12.8. The molecule has 0 unspecified atom stereocenters. The number of nitrogens with one attached hydrogen (secondary N) is 1. The largest absolute Gasteiger partial charge is 0.481 e. The summed E-state index contributed by atoms with van der Waals surface area (Å²) in [6.45, 7) is 6.01. The molecule has 1 aliphatic heterocycles. The Bertz CT molecular complexity index is 567. The number of benzene rings is 1. The number of carbonyl (C=O) groups excluding carboxylic acids is 1. The minimum absolute atomic E-state index is 0.110. The van der Waals surface area contributed by atoms with Gasteiger partial charge in [-0.2, -0.15) is 0 Å². The van der Waals surface area contributed by atoms with E-state index in [1.165, 1.54) is 11.1 Å². The molecule has 0 saturated heterocycles. The zero-order valence-corrected chi connectivity index (χ0v) is 12.8. The number of nitrogens with zero attached hydrogens (tertiary/aromatic N) is 1. The molecule has 0 fully saturated rings. The predicted molar refractivity (Wildman–Crippen MR) is 81.7 cm³/mol. The molecule has 5 nitrogen and oxygen atoms in total. The van der Waals surface area contributed by atoms with E-state index in [-0.39, 0.29) is 12.6 Å². The van der Waals surface area contributed by atoms with Gasteiger partial charge in [-0.15, -0.1) is 0 Å². The molecule has 1 aliphatic rings. The van der Waals surface area contributed by atoms with E-state index in [9.17, 15) is 9.59 Å². The molecule has 2 amide bonds. The van der Waals surface area contributed by atoms with Crippen LogP contribution in [0.3, 0.4) is 0 Å². The summed E-state index contributed by atoms with van der Waals surface area (Å²) in [5.74, 6) is -0.919. The summed E-state index contributed by atoms with van der Waals surface area (Å²) >= 11 is 0. The Labute approximate surface area is 125 Å². The smallest absolute Gasteiger partial charge is 0.321 e. The van der Waals surface area contributed by atoms with Crippen LogP contribution in [0.1, 0.15) is 31.4 Å². The molecule has 2 N–H and O–H groups in total. The number of urea groups is 1. The average molecular weight is 290 g/mol. The first-order valence-electron chi connectivity index (χ1n) is 7.19. The molecule has 1 aromatic carbocycles. The molecule has 0 radical (unpaired) electrons. The summed E-state index contributed by atoms with van der Waals surface area (Å²) in [6.07, 6.45) is 1.90. The van der Waals surface area contributed by atoms with Gasteiger partial charge in [0.2, 0.25) is 0 Å². The van der Waals surface area contributed by atoms with E-state index < -0.39 is 11.4 Å². The lowest BCUT2D eigenvalue weighted by Gasteiger charge is -2.31. The summed E-state index contributed by atoms with van der Waals surface area (Å²) in [5.41, 5.74) is 2.32. The van der Waals surface area contributed by atoms with Crippen LogP contribution >= 0.6 is 0 Å². The minimum Gasteiger partial charge on any atom is -0.481 e. The van der Waals surface area contributed by atoms with Crippen molar-refractivity contribution in [2.24, 2.45) is 5.41 Å². The van der Waals surface area contributed by atoms with Crippen LogP contribution in [0.5, 0.6) is 0 Å². The molecule has 5 heteroatoms. The normalized spacial score (nSPS) is 14.5. The van der Waals surface area contributed by atoms with Crippen molar-refractivity contribution < 1.29 is 14.7 Å². The highest BCUT2D eigenvalue weighted by Crippen LogP contribution is 2.28. The topological polar surface area (TPSA) is 69.6 Å². The molecule has 0 saturated carbocycles. The number of fused-ring (bicyclic) bond motifs is 1. The Balaban J connectivity index is 2.10. The van der Waals surface area contributed by atoms with E-state index in [0.717, 1.165) is 18.5 Å². The Morgan fingerprint density at radius 2 is 2.10 bits per heavy atom. The van der Waals surface area contributed by atoms with Gasteiger partial charge < -0.3 is 10.4 Å². The maximum absolute atomic E-state index is 12.3. The molecule has 2 rings (SSSR count). The maximum Gasteiger partial charge on any atom is 0.321 e. The number of carboxylic acids is 1. The van der Waals surface area contributed by atoms with Crippen LogP contribution < -0.4 is 10.2 Å². The van der Waals surface area contributed by atoms with Crippen LogP contribution in [-0.2, 0) is 11.2 Å². The number of anilines is 1. The highest BCUT2D eigenvalue weighted by atomic mass is 16.4. The number of amides is 2.